The van der Waals surface area contributed by atoms with E-state index in [9.17, 15) is 0 Å². The number of methoxy groups -OCH3 is 1. The molecule has 0 spiro atoms. The van der Waals surface area contributed by atoms with Crippen LogP contribution in [0, 0.1) is 0 Å². The second-order valence-electron chi connectivity index (χ2n) is 7.51. The fourth-order valence-electron chi connectivity index (χ4n) is 4.16. The van der Waals surface area contributed by atoms with Gasteiger partial charge in [0, 0.05) is 46.4 Å². The molecule has 1 N–H and O–H groups in total. The summed E-state index contributed by atoms with van der Waals surface area (Å²) in [6, 6.07) is 8.67. The Kier molecular flexibility index (Phi) is 11.2. The third-order valence-electron chi connectivity index (χ3n) is 5.80. The van der Waals surface area contributed by atoms with Crippen molar-refractivity contribution in [3.05, 3.63) is 29.8 Å². The van der Waals surface area contributed by atoms with Gasteiger partial charge in [0.15, 0.2) is 5.96 Å². The fourth-order valence-corrected chi connectivity index (χ4v) is 4.16. The minimum Gasteiger partial charge on any atom is -0.497 e. The molecule has 0 bridgehead atoms. The van der Waals surface area contributed by atoms with E-state index in [1.54, 1.807) is 7.11 Å². The molecule has 1 unspecified atom stereocenters. The third-order valence-corrected chi connectivity index (χ3v) is 5.80. The highest BCUT2D eigenvalue weighted by Crippen LogP contribution is 2.24. The normalized spacial score (nSPS) is 19.8. The summed E-state index contributed by atoms with van der Waals surface area (Å²) < 4.78 is 16.7. The zero-order chi connectivity index (χ0) is 20.5. The molecule has 0 aromatic heterocycles. The number of hydrogen-bond donors (Lipinski definition) is 1. The molecule has 8 heteroatoms. The van der Waals surface area contributed by atoms with Crippen LogP contribution in [0.25, 0.3) is 0 Å². The van der Waals surface area contributed by atoms with Gasteiger partial charge in [0.05, 0.1) is 32.5 Å². The lowest BCUT2D eigenvalue weighted by Crippen LogP contribution is -2.50. The van der Waals surface area contributed by atoms with Gasteiger partial charge < -0.3 is 24.4 Å². The fraction of sp³-hybridized carbons (Fsp3) is 0.682. The standard InChI is InChI=1S/C22H36N4O3.HI/c1-4-29-20-9-11-26(12-10-20)22(23-2)24-17-21(25-13-15-28-16-14-25)18-5-7-19(27-3)8-6-18;/h5-8,20-21H,4,9-17H2,1-3H3,(H,23,24);1H. The van der Waals surface area contributed by atoms with Crippen LogP contribution in [0.1, 0.15) is 31.4 Å². The van der Waals surface area contributed by atoms with E-state index >= 15 is 0 Å². The lowest BCUT2D eigenvalue weighted by Gasteiger charge is -2.37. The summed E-state index contributed by atoms with van der Waals surface area (Å²) in [5.41, 5.74) is 1.28. The SMILES string of the molecule is CCOC1CCN(C(=NC)NCC(c2ccc(OC)cc2)N2CCOCC2)CC1.I. The Labute approximate surface area is 198 Å². The number of ether oxygens (including phenoxy) is 3. The van der Waals surface area contributed by atoms with Gasteiger partial charge in [0.25, 0.3) is 0 Å². The number of benzene rings is 1. The van der Waals surface area contributed by atoms with Crippen LogP contribution in [-0.2, 0) is 9.47 Å². The summed E-state index contributed by atoms with van der Waals surface area (Å²) in [6.45, 7) is 9.08. The molecule has 1 aromatic carbocycles. The van der Waals surface area contributed by atoms with Crippen molar-refractivity contribution in [1.29, 1.82) is 0 Å². The average Bonchev–Trinajstić information content (AvgIpc) is 2.79. The highest BCUT2D eigenvalue weighted by atomic mass is 127. The zero-order valence-electron chi connectivity index (χ0n) is 18.5. The Balaban J connectivity index is 0.00000320. The van der Waals surface area contributed by atoms with Crippen molar-refractivity contribution >= 4 is 29.9 Å². The van der Waals surface area contributed by atoms with Gasteiger partial charge in [-0.15, -0.1) is 24.0 Å². The zero-order valence-corrected chi connectivity index (χ0v) is 20.8. The van der Waals surface area contributed by atoms with Crippen molar-refractivity contribution in [2.24, 2.45) is 4.99 Å². The third kappa shape index (κ3) is 6.96. The number of rotatable bonds is 7. The van der Waals surface area contributed by atoms with Crippen LogP contribution >= 0.6 is 24.0 Å². The molecule has 1 aromatic rings. The number of morpholine rings is 1. The van der Waals surface area contributed by atoms with E-state index in [0.717, 1.165) is 77.1 Å². The number of aliphatic imine (C=N–C) groups is 1. The van der Waals surface area contributed by atoms with Crippen LogP contribution in [0.5, 0.6) is 5.75 Å². The van der Waals surface area contributed by atoms with E-state index in [2.05, 4.69) is 39.2 Å². The minimum atomic E-state index is 0. The van der Waals surface area contributed by atoms with Gasteiger partial charge in [-0.05, 0) is 37.5 Å². The number of nitrogens with one attached hydrogen (secondary N) is 1. The predicted octanol–water partition coefficient (Wildman–Crippen LogP) is 2.76. The van der Waals surface area contributed by atoms with Crippen molar-refractivity contribution in [1.82, 2.24) is 15.1 Å². The molecule has 2 aliphatic rings. The van der Waals surface area contributed by atoms with Gasteiger partial charge >= 0.3 is 0 Å². The Morgan fingerprint density at radius 2 is 1.83 bits per heavy atom. The topological polar surface area (TPSA) is 58.6 Å². The Morgan fingerprint density at radius 3 is 2.40 bits per heavy atom. The number of guanidine groups is 1. The number of hydrogen-bond acceptors (Lipinski definition) is 5. The number of halogens is 1. The lowest BCUT2D eigenvalue weighted by atomic mass is 10.0. The van der Waals surface area contributed by atoms with Gasteiger partial charge in [-0.1, -0.05) is 12.1 Å². The molecule has 7 nitrogen and oxygen atoms in total. The van der Waals surface area contributed by atoms with E-state index in [4.69, 9.17) is 14.2 Å². The largest absolute Gasteiger partial charge is 0.497 e. The second kappa shape index (κ2) is 13.3. The van der Waals surface area contributed by atoms with Gasteiger partial charge in [0.2, 0.25) is 0 Å². The van der Waals surface area contributed by atoms with Crippen molar-refractivity contribution < 1.29 is 14.2 Å². The van der Waals surface area contributed by atoms with E-state index in [0.29, 0.717) is 6.10 Å². The number of piperidine rings is 1. The molecule has 3 rings (SSSR count). The van der Waals surface area contributed by atoms with Gasteiger partial charge in [0.1, 0.15) is 5.75 Å². The Bertz CT molecular complexity index is 630. The molecular weight excluding hydrogens is 495 g/mol. The van der Waals surface area contributed by atoms with Crippen LogP contribution in [0.3, 0.4) is 0 Å². The monoisotopic (exact) mass is 532 g/mol. The van der Waals surface area contributed by atoms with Crippen LogP contribution in [0.2, 0.25) is 0 Å². The molecule has 0 amide bonds. The van der Waals surface area contributed by atoms with Crippen LogP contribution in [0.15, 0.2) is 29.3 Å². The van der Waals surface area contributed by atoms with Crippen LogP contribution in [0.4, 0.5) is 0 Å². The van der Waals surface area contributed by atoms with Crippen molar-refractivity contribution in [3.8, 4) is 5.75 Å². The van der Waals surface area contributed by atoms with E-state index in [-0.39, 0.29) is 30.0 Å². The van der Waals surface area contributed by atoms with Crippen molar-refractivity contribution in [2.45, 2.75) is 31.9 Å². The molecule has 2 heterocycles. The summed E-state index contributed by atoms with van der Waals surface area (Å²) in [7, 11) is 3.57. The summed E-state index contributed by atoms with van der Waals surface area (Å²) in [6.07, 6.45) is 2.49. The molecule has 0 radical (unpaired) electrons. The molecule has 30 heavy (non-hydrogen) atoms. The van der Waals surface area contributed by atoms with Crippen LogP contribution < -0.4 is 10.1 Å². The maximum Gasteiger partial charge on any atom is 0.193 e. The van der Waals surface area contributed by atoms with E-state index in [1.807, 2.05) is 19.2 Å². The molecule has 0 aliphatic carbocycles. The van der Waals surface area contributed by atoms with E-state index in [1.165, 1.54) is 5.56 Å². The molecule has 2 fully saturated rings. The highest BCUT2D eigenvalue weighted by molar-refractivity contribution is 14.0. The van der Waals surface area contributed by atoms with Gasteiger partial charge in [-0.25, -0.2) is 0 Å². The first-order valence-electron chi connectivity index (χ1n) is 10.8. The Morgan fingerprint density at radius 1 is 1.17 bits per heavy atom. The summed E-state index contributed by atoms with van der Waals surface area (Å²) in [5.74, 6) is 1.86. The predicted molar refractivity (Wildman–Crippen MR) is 131 cm³/mol. The van der Waals surface area contributed by atoms with Crippen LogP contribution in [-0.4, -0.2) is 88.6 Å². The first kappa shape index (κ1) is 25.2. The molecule has 170 valence electrons. The van der Waals surface area contributed by atoms with Gasteiger partial charge in [-0.3, -0.25) is 9.89 Å². The van der Waals surface area contributed by atoms with E-state index < -0.39 is 0 Å². The van der Waals surface area contributed by atoms with Crippen molar-refractivity contribution in [3.63, 3.8) is 0 Å². The smallest absolute Gasteiger partial charge is 0.193 e. The maximum atomic E-state index is 5.78. The maximum absolute atomic E-state index is 5.78. The molecular formula is C22H37IN4O3. The number of likely N-dealkylation sites (tertiary alicyclic amines) is 1. The number of nitrogens with zero attached hydrogens (tertiary/aromatic N) is 3. The quantitative estimate of drug-likeness (QED) is 0.331. The molecule has 2 saturated heterocycles. The first-order chi connectivity index (χ1) is 14.2. The van der Waals surface area contributed by atoms with Gasteiger partial charge in [-0.2, -0.15) is 0 Å². The summed E-state index contributed by atoms with van der Waals surface area (Å²) >= 11 is 0. The Hall–Kier alpha value is -1.10. The minimum absolute atomic E-state index is 0. The highest BCUT2D eigenvalue weighted by Gasteiger charge is 2.25. The summed E-state index contributed by atoms with van der Waals surface area (Å²) in [5, 5.41) is 3.63. The molecule has 0 saturated carbocycles. The lowest BCUT2D eigenvalue weighted by molar-refractivity contribution is 0.0163. The molecule has 2 aliphatic heterocycles. The first-order valence-corrected chi connectivity index (χ1v) is 10.8. The average molecular weight is 532 g/mol. The molecule has 1 atom stereocenters. The van der Waals surface area contributed by atoms with Crippen molar-refractivity contribution in [2.75, 3.05) is 66.7 Å². The summed E-state index contributed by atoms with van der Waals surface area (Å²) in [4.78, 5) is 9.39. The second-order valence-corrected chi connectivity index (χ2v) is 7.51.